The van der Waals surface area contributed by atoms with Crippen LogP contribution < -0.4 is 5.32 Å². The maximum atomic E-state index is 12.1. The first kappa shape index (κ1) is 13.3. The SMILES string of the molecule is CCc1ccc(NC(=O)Cn2nnc3ccccc32)cc1. The number of para-hydroxylation sites is 1. The number of carbonyl (C=O) groups excluding carboxylic acids is 1. The molecule has 21 heavy (non-hydrogen) atoms. The molecule has 3 rings (SSSR count). The number of rotatable bonds is 4. The number of benzene rings is 2. The molecule has 1 N–H and O–H groups in total. The van der Waals surface area contributed by atoms with Gasteiger partial charge in [-0.15, -0.1) is 5.10 Å². The fraction of sp³-hybridized carbons (Fsp3) is 0.188. The third-order valence-electron chi connectivity index (χ3n) is 3.36. The first-order valence-electron chi connectivity index (χ1n) is 6.93. The first-order valence-corrected chi connectivity index (χ1v) is 6.93. The van der Waals surface area contributed by atoms with Crippen molar-refractivity contribution in [2.24, 2.45) is 0 Å². The van der Waals surface area contributed by atoms with Gasteiger partial charge in [0.05, 0.1) is 5.52 Å². The van der Waals surface area contributed by atoms with E-state index in [1.807, 2.05) is 48.5 Å². The summed E-state index contributed by atoms with van der Waals surface area (Å²) >= 11 is 0. The molecule has 0 radical (unpaired) electrons. The van der Waals surface area contributed by atoms with Crippen LogP contribution in [0.15, 0.2) is 48.5 Å². The standard InChI is InChI=1S/C16H16N4O/c1-2-12-7-9-13(10-8-12)17-16(21)11-20-15-6-4-3-5-14(15)18-19-20/h3-10H,2,11H2,1H3,(H,17,21). The minimum atomic E-state index is -0.116. The Morgan fingerprint density at radius 3 is 2.67 bits per heavy atom. The highest BCUT2D eigenvalue weighted by atomic mass is 16.2. The van der Waals surface area contributed by atoms with Crippen LogP contribution in [0, 0.1) is 0 Å². The lowest BCUT2D eigenvalue weighted by atomic mass is 10.1. The van der Waals surface area contributed by atoms with E-state index in [1.54, 1.807) is 4.68 Å². The van der Waals surface area contributed by atoms with Crippen LogP contribution in [0.1, 0.15) is 12.5 Å². The molecule has 0 saturated heterocycles. The number of hydrogen-bond donors (Lipinski definition) is 1. The Morgan fingerprint density at radius 1 is 1.14 bits per heavy atom. The predicted molar refractivity (Wildman–Crippen MR) is 82.0 cm³/mol. The van der Waals surface area contributed by atoms with Crippen molar-refractivity contribution < 1.29 is 4.79 Å². The van der Waals surface area contributed by atoms with Gasteiger partial charge in [0, 0.05) is 5.69 Å². The summed E-state index contributed by atoms with van der Waals surface area (Å²) < 4.78 is 1.60. The maximum absolute atomic E-state index is 12.1. The molecule has 0 saturated carbocycles. The third kappa shape index (κ3) is 2.91. The quantitative estimate of drug-likeness (QED) is 0.799. The Labute approximate surface area is 122 Å². The van der Waals surface area contributed by atoms with Crippen LogP contribution in [0.3, 0.4) is 0 Å². The number of hydrogen-bond acceptors (Lipinski definition) is 3. The summed E-state index contributed by atoms with van der Waals surface area (Å²) in [5.41, 5.74) is 3.68. The second kappa shape index (κ2) is 5.75. The number of nitrogens with zero attached hydrogens (tertiary/aromatic N) is 3. The lowest BCUT2D eigenvalue weighted by Crippen LogP contribution is -2.19. The van der Waals surface area contributed by atoms with Gasteiger partial charge in [0.15, 0.2) is 0 Å². The van der Waals surface area contributed by atoms with Crippen molar-refractivity contribution in [2.75, 3.05) is 5.32 Å². The Bertz CT molecular complexity index is 761. The average molecular weight is 280 g/mol. The summed E-state index contributed by atoms with van der Waals surface area (Å²) in [7, 11) is 0. The normalized spacial score (nSPS) is 10.7. The van der Waals surface area contributed by atoms with Crippen molar-refractivity contribution in [1.82, 2.24) is 15.0 Å². The smallest absolute Gasteiger partial charge is 0.246 e. The zero-order chi connectivity index (χ0) is 14.7. The van der Waals surface area contributed by atoms with Crippen LogP contribution in [0.4, 0.5) is 5.69 Å². The number of anilines is 1. The van der Waals surface area contributed by atoms with Crippen molar-refractivity contribution in [3.63, 3.8) is 0 Å². The van der Waals surface area contributed by atoms with Crippen molar-refractivity contribution in [1.29, 1.82) is 0 Å². The summed E-state index contributed by atoms with van der Waals surface area (Å²) in [5, 5.41) is 10.9. The van der Waals surface area contributed by atoms with Crippen LogP contribution in [0.5, 0.6) is 0 Å². The highest BCUT2D eigenvalue weighted by molar-refractivity contribution is 5.91. The monoisotopic (exact) mass is 280 g/mol. The zero-order valence-electron chi connectivity index (χ0n) is 11.8. The Hall–Kier alpha value is -2.69. The molecule has 5 nitrogen and oxygen atoms in total. The topological polar surface area (TPSA) is 59.8 Å². The van der Waals surface area contributed by atoms with Gasteiger partial charge in [-0.2, -0.15) is 0 Å². The van der Waals surface area contributed by atoms with E-state index in [9.17, 15) is 4.79 Å². The molecule has 0 aliphatic rings. The molecule has 0 aliphatic heterocycles. The Balaban J connectivity index is 1.71. The average Bonchev–Trinajstić information content (AvgIpc) is 2.91. The fourth-order valence-electron chi connectivity index (χ4n) is 2.19. The molecule has 0 unspecified atom stereocenters. The predicted octanol–water partition coefficient (Wildman–Crippen LogP) is 2.63. The minimum absolute atomic E-state index is 0.116. The zero-order valence-corrected chi connectivity index (χ0v) is 11.8. The molecule has 1 heterocycles. The molecule has 5 heteroatoms. The van der Waals surface area contributed by atoms with Gasteiger partial charge in [0.25, 0.3) is 0 Å². The Kier molecular flexibility index (Phi) is 3.64. The second-order valence-corrected chi connectivity index (χ2v) is 4.83. The molecule has 1 amide bonds. The van der Waals surface area contributed by atoms with Crippen molar-refractivity contribution in [3.05, 3.63) is 54.1 Å². The van der Waals surface area contributed by atoms with Gasteiger partial charge in [0.2, 0.25) is 5.91 Å². The molecule has 0 bridgehead atoms. The van der Waals surface area contributed by atoms with Crippen molar-refractivity contribution >= 4 is 22.6 Å². The van der Waals surface area contributed by atoms with E-state index >= 15 is 0 Å². The van der Waals surface area contributed by atoms with Gasteiger partial charge in [0.1, 0.15) is 12.1 Å². The highest BCUT2D eigenvalue weighted by Gasteiger charge is 2.08. The van der Waals surface area contributed by atoms with Gasteiger partial charge in [-0.3, -0.25) is 4.79 Å². The second-order valence-electron chi connectivity index (χ2n) is 4.83. The van der Waals surface area contributed by atoms with Gasteiger partial charge in [-0.25, -0.2) is 4.68 Å². The lowest BCUT2D eigenvalue weighted by molar-refractivity contribution is -0.116. The molecule has 3 aromatic rings. The van der Waals surface area contributed by atoms with Crippen molar-refractivity contribution in [2.45, 2.75) is 19.9 Å². The number of carbonyl (C=O) groups is 1. The molecular formula is C16H16N4O. The summed E-state index contributed by atoms with van der Waals surface area (Å²) in [5.74, 6) is -0.116. The largest absolute Gasteiger partial charge is 0.324 e. The van der Waals surface area contributed by atoms with Crippen LogP contribution in [0.2, 0.25) is 0 Å². The van der Waals surface area contributed by atoms with E-state index in [-0.39, 0.29) is 12.5 Å². The van der Waals surface area contributed by atoms with E-state index in [2.05, 4.69) is 22.6 Å². The fourth-order valence-corrected chi connectivity index (χ4v) is 2.19. The van der Waals surface area contributed by atoms with Gasteiger partial charge >= 0.3 is 0 Å². The highest BCUT2D eigenvalue weighted by Crippen LogP contribution is 2.12. The summed E-state index contributed by atoms with van der Waals surface area (Å²) in [4.78, 5) is 12.1. The number of aromatic nitrogens is 3. The number of fused-ring (bicyclic) bond motifs is 1. The van der Waals surface area contributed by atoms with Gasteiger partial charge < -0.3 is 5.32 Å². The molecule has 106 valence electrons. The van der Waals surface area contributed by atoms with E-state index < -0.39 is 0 Å². The molecule has 0 atom stereocenters. The molecule has 0 aliphatic carbocycles. The van der Waals surface area contributed by atoms with Crippen LogP contribution in [-0.4, -0.2) is 20.9 Å². The molecule has 1 aromatic heterocycles. The van der Waals surface area contributed by atoms with Crippen LogP contribution in [0.25, 0.3) is 11.0 Å². The lowest BCUT2D eigenvalue weighted by Gasteiger charge is -2.06. The Morgan fingerprint density at radius 2 is 1.90 bits per heavy atom. The maximum Gasteiger partial charge on any atom is 0.246 e. The number of nitrogens with one attached hydrogen (secondary N) is 1. The summed E-state index contributed by atoms with van der Waals surface area (Å²) in [6.07, 6.45) is 0.985. The minimum Gasteiger partial charge on any atom is -0.324 e. The molecule has 0 spiro atoms. The van der Waals surface area contributed by atoms with E-state index in [1.165, 1.54) is 5.56 Å². The summed E-state index contributed by atoms with van der Waals surface area (Å²) in [6.45, 7) is 2.25. The third-order valence-corrected chi connectivity index (χ3v) is 3.36. The van der Waals surface area contributed by atoms with Crippen LogP contribution >= 0.6 is 0 Å². The molecular weight excluding hydrogens is 264 g/mol. The first-order chi connectivity index (χ1) is 10.3. The van der Waals surface area contributed by atoms with E-state index in [0.717, 1.165) is 23.1 Å². The van der Waals surface area contributed by atoms with Gasteiger partial charge in [-0.05, 0) is 36.2 Å². The molecule has 0 fully saturated rings. The molecule has 2 aromatic carbocycles. The van der Waals surface area contributed by atoms with E-state index in [4.69, 9.17) is 0 Å². The van der Waals surface area contributed by atoms with E-state index in [0.29, 0.717) is 0 Å². The summed E-state index contributed by atoms with van der Waals surface area (Å²) in [6, 6.07) is 15.4. The van der Waals surface area contributed by atoms with Gasteiger partial charge in [-0.1, -0.05) is 36.4 Å². The van der Waals surface area contributed by atoms with Crippen molar-refractivity contribution in [3.8, 4) is 0 Å². The van der Waals surface area contributed by atoms with Crippen LogP contribution in [-0.2, 0) is 17.8 Å². The number of amides is 1. The number of aryl methyl sites for hydroxylation is 1.